The van der Waals surface area contributed by atoms with Crippen LogP contribution in [0.2, 0.25) is 5.02 Å². The van der Waals surface area contributed by atoms with E-state index in [-0.39, 0.29) is 18.6 Å². The molecule has 1 aromatic heterocycles. The zero-order valence-electron chi connectivity index (χ0n) is 11.5. The summed E-state index contributed by atoms with van der Waals surface area (Å²) in [5.41, 5.74) is 1.16. The first-order valence-corrected chi connectivity index (χ1v) is 7.72. The third kappa shape index (κ3) is 4.16. The fourth-order valence-electron chi connectivity index (χ4n) is 1.66. The van der Waals surface area contributed by atoms with Gasteiger partial charge in [-0.15, -0.1) is 10.2 Å². The molecule has 2 atom stereocenters. The minimum atomic E-state index is 0.157. The summed E-state index contributed by atoms with van der Waals surface area (Å²) < 4.78 is 0. The Morgan fingerprint density at radius 3 is 2.60 bits per heavy atom. The molecule has 0 radical (unpaired) electrons. The lowest BCUT2D eigenvalue weighted by Gasteiger charge is -2.17. The van der Waals surface area contributed by atoms with Crippen LogP contribution in [0.25, 0.3) is 0 Å². The van der Waals surface area contributed by atoms with Gasteiger partial charge in [0.05, 0.1) is 0 Å². The van der Waals surface area contributed by atoms with Crippen molar-refractivity contribution in [2.45, 2.75) is 26.3 Å². The molecule has 1 aromatic carbocycles. The largest absolute Gasteiger partial charge is 0.396 e. The number of hydrogen-bond donors (Lipinski definition) is 2. The summed E-state index contributed by atoms with van der Waals surface area (Å²) >= 11 is 7.40. The van der Waals surface area contributed by atoms with E-state index in [1.54, 1.807) is 11.3 Å². The number of benzene rings is 1. The third-order valence-corrected chi connectivity index (χ3v) is 4.33. The van der Waals surface area contributed by atoms with Crippen molar-refractivity contribution in [1.29, 1.82) is 0 Å². The second-order valence-electron chi connectivity index (χ2n) is 4.90. The molecule has 2 unspecified atom stereocenters. The third-order valence-electron chi connectivity index (χ3n) is 3.23. The van der Waals surface area contributed by atoms with E-state index in [1.807, 2.05) is 38.1 Å². The van der Waals surface area contributed by atoms with Crippen molar-refractivity contribution in [1.82, 2.24) is 10.2 Å². The zero-order chi connectivity index (χ0) is 14.5. The van der Waals surface area contributed by atoms with Gasteiger partial charge in [-0.25, -0.2) is 0 Å². The predicted octanol–water partition coefficient (Wildman–Crippen LogP) is 3.21. The monoisotopic (exact) mass is 311 g/mol. The lowest BCUT2D eigenvalue weighted by molar-refractivity contribution is 0.226. The summed E-state index contributed by atoms with van der Waals surface area (Å²) in [4.78, 5) is 0. The fourth-order valence-corrected chi connectivity index (χ4v) is 2.65. The van der Waals surface area contributed by atoms with Crippen molar-refractivity contribution in [3.63, 3.8) is 0 Å². The van der Waals surface area contributed by atoms with Gasteiger partial charge in [0.1, 0.15) is 5.01 Å². The minimum absolute atomic E-state index is 0.157. The van der Waals surface area contributed by atoms with Crippen LogP contribution < -0.4 is 5.32 Å². The molecule has 0 fully saturated rings. The Hall–Kier alpha value is -1.17. The quantitative estimate of drug-likeness (QED) is 0.860. The Morgan fingerprint density at radius 1 is 1.25 bits per heavy atom. The Balaban J connectivity index is 1.97. The number of anilines is 1. The molecule has 2 aromatic rings. The molecule has 20 heavy (non-hydrogen) atoms. The summed E-state index contributed by atoms with van der Waals surface area (Å²) in [6.45, 7) is 4.18. The molecule has 2 N–H and O–H groups in total. The van der Waals surface area contributed by atoms with E-state index < -0.39 is 0 Å². The summed E-state index contributed by atoms with van der Waals surface area (Å²) in [6.07, 6.45) is 0.750. The first-order chi connectivity index (χ1) is 9.58. The van der Waals surface area contributed by atoms with Gasteiger partial charge in [-0.2, -0.15) is 0 Å². The lowest BCUT2D eigenvalue weighted by Crippen LogP contribution is -2.26. The molecule has 108 valence electrons. The molecule has 2 rings (SSSR count). The number of aliphatic hydroxyl groups excluding tert-OH is 1. The molecule has 0 bridgehead atoms. The van der Waals surface area contributed by atoms with Crippen LogP contribution in [-0.4, -0.2) is 28.0 Å². The first-order valence-electron chi connectivity index (χ1n) is 6.52. The van der Waals surface area contributed by atoms with Crippen molar-refractivity contribution in [2.75, 3.05) is 11.9 Å². The molecule has 0 saturated carbocycles. The summed E-state index contributed by atoms with van der Waals surface area (Å²) in [6, 6.07) is 7.90. The van der Waals surface area contributed by atoms with E-state index >= 15 is 0 Å². The molecule has 4 nitrogen and oxygen atoms in total. The number of aromatic nitrogens is 2. The molecule has 0 aliphatic carbocycles. The number of aliphatic hydroxyl groups is 1. The number of nitrogens with one attached hydrogen (secondary N) is 1. The van der Waals surface area contributed by atoms with Crippen molar-refractivity contribution < 1.29 is 5.11 Å². The molecule has 0 saturated heterocycles. The van der Waals surface area contributed by atoms with Crippen molar-refractivity contribution in [3.8, 4) is 0 Å². The van der Waals surface area contributed by atoms with Crippen LogP contribution in [0.1, 0.15) is 24.4 Å². The van der Waals surface area contributed by atoms with Crippen LogP contribution in [-0.2, 0) is 6.42 Å². The van der Waals surface area contributed by atoms with Crippen LogP contribution in [0.4, 0.5) is 5.13 Å². The molecular formula is C14H18ClN3OS. The molecule has 0 aliphatic rings. The van der Waals surface area contributed by atoms with Gasteiger partial charge in [0, 0.05) is 24.1 Å². The molecular weight excluding hydrogens is 294 g/mol. The average molecular weight is 312 g/mol. The van der Waals surface area contributed by atoms with Crippen LogP contribution >= 0.6 is 22.9 Å². The van der Waals surface area contributed by atoms with E-state index in [4.69, 9.17) is 16.7 Å². The fraction of sp³-hybridized carbons (Fsp3) is 0.429. The van der Waals surface area contributed by atoms with Gasteiger partial charge < -0.3 is 10.4 Å². The van der Waals surface area contributed by atoms with E-state index in [9.17, 15) is 0 Å². The Bertz CT molecular complexity index is 544. The lowest BCUT2D eigenvalue weighted by atomic mass is 10.1. The van der Waals surface area contributed by atoms with E-state index in [2.05, 4.69) is 15.5 Å². The second-order valence-corrected chi connectivity index (χ2v) is 6.40. The second kappa shape index (κ2) is 7.02. The summed E-state index contributed by atoms with van der Waals surface area (Å²) in [5.74, 6) is 0.179. The zero-order valence-corrected chi connectivity index (χ0v) is 13.1. The van der Waals surface area contributed by atoms with Crippen LogP contribution in [0.3, 0.4) is 0 Å². The maximum absolute atomic E-state index is 9.12. The smallest absolute Gasteiger partial charge is 0.205 e. The Kier molecular flexibility index (Phi) is 5.34. The van der Waals surface area contributed by atoms with E-state index in [0.29, 0.717) is 0 Å². The van der Waals surface area contributed by atoms with E-state index in [1.165, 1.54) is 0 Å². The highest BCUT2D eigenvalue weighted by Crippen LogP contribution is 2.21. The summed E-state index contributed by atoms with van der Waals surface area (Å²) in [7, 11) is 0. The Labute approximate surface area is 127 Å². The Morgan fingerprint density at radius 2 is 1.95 bits per heavy atom. The molecule has 0 aliphatic heterocycles. The minimum Gasteiger partial charge on any atom is -0.396 e. The normalized spacial score (nSPS) is 14.0. The van der Waals surface area contributed by atoms with Crippen LogP contribution in [0, 0.1) is 5.92 Å². The van der Waals surface area contributed by atoms with Gasteiger partial charge in [0.25, 0.3) is 0 Å². The predicted molar refractivity (Wildman–Crippen MR) is 83.5 cm³/mol. The molecule has 0 amide bonds. The van der Waals surface area contributed by atoms with Crippen LogP contribution in [0.15, 0.2) is 24.3 Å². The molecule has 1 heterocycles. The number of nitrogens with zero attached hydrogens (tertiary/aromatic N) is 2. The summed E-state index contributed by atoms with van der Waals surface area (Å²) in [5, 5.41) is 23.2. The van der Waals surface area contributed by atoms with Gasteiger partial charge in [-0.3, -0.25) is 0 Å². The first kappa shape index (κ1) is 15.2. The topological polar surface area (TPSA) is 58.0 Å². The van der Waals surface area contributed by atoms with Gasteiger partial charge in [-0.1, -0.05) is 42.0 Å². The number of hydrogen-bond acceptors (Lipinski definition) is 5. The standard InChI is InChI=1S/C14H18ClN3OS/c1-9(8-19)10(2)16-14-18-17-13(20-14)7-11-3-5-12(15)6-4-11/h3-6,9-10,19H,7-8H2,1-2H3,(H,16,18). The van der Waals surface area contributed by atoms with E-state index in [0.717, 1.165) is 27.1 Å². The highest BCUT2D eigenvalue weighted by Gasteiger charge is 2.13. The van der Waals surface area contributed by atoms with Crippen molar-refractivity contribution >= 4 is 28.1 Å². The SMILES string of the molecule is CC(CO)C(C)Nc1nnc(Cc2ccc(Cl)cc2)s1. The average Bonchev–Trinajstić information content (AvgIpc) is 2.87. The van der Waals surface area contributed by atoms with Crippen LogP contribution in [0.5, 0.6) is 0 Å². The van der Waals surface area contributed by atoms with Crippen molar-refractivity contribution in [3.05, 3.63) is 39.9 Å². The van der Waals surface area contributed by atoms with Crippen molar-refractivity contribution in [2.24, 2.45) is 5.92 Å². The van der Waals surface area contributed by atoms with Gasteiger partial charge in [0.15, 0.2) is 0 Å². The maximum atomic E-state index is 9.12. The van der Waals surface area contributed by atoms with Gasteiger partial charge >= 0.3 is 0 Å². The van der Waals surface area contributed by atoms with Gasteiger partial charge in [-0.05, 0) is 30.5 Å². The highest BCUT2D eigenvalue weighted by atomic mass is 35.5. The number of halogens is 1. The molecule has 0 spiro atoms. The number of rotatable bonds is 6. The van der Waals surface area contributed by atoms with Gasteiger partial charge in [0.2, 0.25) is 5.13 Å². The maximum Gasteiger partial charge on any atom is 0.205 e. The molecule has 6 heteroatoms. The highest BCUT2D eigenvalue weighted by molar-refractivity contribution is 7.15.